The molecule has 6 rings (SSSR count). The molecule has 0 fully saturated rings. The molecule has 0 bridgehead atoms. The number of nitrogens with zero attached hydrogens (tertiary/aromatic N) is 2. The zero-order chi connectivity index (χ0) is 41.1. The summed E-state index contributed by atoms with van der Waals surface area (Å²) in [5, 5.41) is 0.894. The average molecular weight is 813 g/mol. The third kappa shape index (κ3) is 13.5. The number of ether oxygens (including phenoxy) is 2. The molecule has 4 N–H and O–H groups in total. The summed E-state index contributed by atoms with van der Waals surface area (Å²) < 4.78 is 12.2. The number of hydrogen-bond donors (Lipinski definition) is 4. The van der Waals surface area contributed by atoms with Gasteiger partial charge in [-0.1, -0.05) is 172 Å². The van der Waals surface area contributed by atoms with Gasteiger partial charge in [0.05, 0.1) is 12.8 Å². The van der Waals surface area contributed by atoms with Gasteiger partial charge in [0.2, 0.25) is 5.91 Å². The summed E-state index contributed by atoms with van der Waals surface area (Å²) in [4.78, 5) is 56.6. The van der Waals surface area contributed by atoms with Crippen LogP contribution in [0.25, 0.3) is 0 Å². The van der Waals surface area contributed by atoms with Crippen LogP contribution < -0.4 is 10.9 Å². The van der Waals surface area contributed by atoms with E-state index < -0.39 is 42.5 Å². The van der Waals surface area contributed by atoms with Crippen LogP contribution in [-0.4, -0.2) is 49.6 Å². The molecule has 1 atom stereocenters. The Balaban J connectivity index is 1.09. The molecule has 0 saturated heterocycles. The highest BCUT2D eigenvalue weighted by molar-refractivity contribution is 7.99. The van der Waals surface area contributed by atoms with Crippen molar-refractivity contribution >= 4 is 29.6 Å². The molecule has 0 aliphatic rings. The lowest BCUT2D eigenvalue weighted by Gasteiger charge is -2.24. The largest absolute Gasteiger partial charge is 0.452 e. The number of aromatic amines is 2. The number of carbonyl (C=O) groups excluding carboxylic acids is 3. The lowest BCUT2D eigenvalue weighted by atomic mass is 10.0. The number of imidazole rings is 2. The topological polar surface area (TPSA) is 151 Å². The summed E-state index contributed by atoms with van der Waals surface area (Å²) in [6.45, 7) is 2.23. The fraction of sp³-hybridized carbons (Fsp3) is 0.298. The Labute approximate surface area is 350 Å². The van der Waals surface area contributed by atoms with E-state index in [9.17, 15) is 14.4 Å². The lowest BCUT2D eigenvalue weighted by molar-refractivity contribution is -0.157. The van der Waals surface area contributed by atoms with E-state index in [0.717, 1.165) is 44.6 Å². The van der Waals surface area contributed by atoms with Crippen LogP contribution in [0.15, 0.2) is 139 Å². The number of amides is 1. The van der Waals surface area contributed by atoms with Gasteiger partial charge in [-0.15, -0.1) is 0 Å². The number of benzene rings is 4. The van der Waals surface area contributed by atoms with Gasteiger partial charge in [-0.2, -0.15) is 0 Å². The first-order valence-corrected chi connectivity index (χ1v) is 21.3. The second kappa shape index (κ2) is 22.8. The van der Waals surface area contributed by atoms with Crippen molar-refractivity contribution in [3.05, 3.63) is 173 Å². The van der Waals surface area contributed by atoms with Crippen molar-refractivity contribution in [1.29, 1.82) is 0 Å². The summed E-state index contributed by atoms with van der Waals surface area (Å²) in [6.07, 6.45) is 9.59. The Morgan fingerprint density at radius 2 is 1.15 bits per heavy atom. The first kappa shape index (κ1) is 42.6. The van der Waals surface area contributed by atoms with Gasteiger partial charge in [-0.25, -0.2) is 15.4 Å². The SMILES string of the molecule is CCCCCCCCSc1ncc(Cc2cnc(CC(=O)NN[C@@H](CC(=O)OC(c3ccccc3)c3ccccc3)C(=O)OC(c3ccccc3)c3ccccc3)[nH]2)[nH]1. The van der Waals surface area contributed by atoms with Gasteiger partial charge in [-0.05, 0) is 28.7 Å². The number of aromatic nitrogens is 4. The molecule has 0 aliphatic heterocycles. The van der Waals surface area contributed by atoms with Crippen LogP contribution in [0.3, 0.4) is 0 Å². The Morgan fingerprint density at radius 1 is 0.644 bits per heavy atom. The first-order valence-electron chi connectivity index (χ1n) is 20.3. The Morgan fingerprint density at radius 3 is 1.73 bits per heavy atom. The van der Waals surface area contributed by atoms with Crippen LogP contribution in [0.1, 0.15) is 104 Å². The van der Waals surface area contributed by atoms with E-state index in [-0.39, 0.29) is 6.42 Å². The van der Waals surface area contributed by atoms with Crippen LogP contribution in [-0.2, 0) is 36.7 Å². The molecule has 0 spiro atoms. The lowest BCUT2D eigenvalue weighted by Crippen LogP contribution is -2.50. The fourth-order valence-electron chi connectivity index (χ4n) is 6.61. The van der Waals surface area contributed by atoms with Gasteiger partial charge in [0.15, 0.2) is 17.4 Å². The standard InChI is InChI=1S/C47H52N6O5S/c1-2-3-4-5-6-19-28-59-47-49-33-39(51-47)29-38-32-48-41(50-38)31-42(54)53-52-40(46(56)58-45(36-24-15-9-16-25-36)37-26-17-10-18-27-37)30-43(55)57-44(34-20-11-7-12-21-34)35-22-13-8-14-23-35/h7-18,20-27,32-33,40,44-45,52H,2-6,19,28-31H2,1H3,(H,48,50)(H,49,51)(H,53,54)/t40-/m0/s1. The normalized spacial score (nSPS) is 11.7. The number of carbonyl (C=O) groups is 3. The van der Waals surface area contributed by atoms with Crippen LogP contribution >= 0.6 is 11.8 Å². The minimum absolute atomic E-state index is 0.109. The van der Waals surface area contributed by atoms with Crippen molar-refractivity contribution < 1.29 is 23.9 Å². The molecule has 4 aromatic carbocycles. The molecule has 0 aliphatic carbocycles. The number of rotatable bonds is 23. The maximum Gasteiger partial charge on any atom is 0.326 e. The summed E-state index contributed by atoms with van der Waals surface area (Å²) >= 11 is 1.73. The summed E-state index contributed by atoms with van der Waals surface area (Å²) in [6, 6.07) is 36.2. The number of thioether (sulfide) groups is 1. The molecule has 12 heteroatoms. The highest BCUT2D eigenvalue weighted by Crippen LogP contribution is 2.29. The fourth-order valence-corrected chi connectivity index (χ4v) is 7.49. The molecule has 2 heterocycles. The Hall–Kier alpha value is -5.98. The van der Waals surface area contributed by atoms with E-state index in [0.29, 0.717) is 12.2 Å². The van der Waals surface area contributed by atoms with Gasteiger partial charge in [0.1, 0.15) is 11.9 Å². The number of nitrogens with one attached hydrogen (secondary N) is 4. The van der Waals surface area contributed by atoms with E-state index in [1.165, 1.54) is 38.5 Å². The molecule has 59 heavy (non-hydrogen) atoms. The van der Waals surface area contributed by atoms with Gasteiger partial charge < -0.3 is 19.4 Å². The first-order chi connectivity index (χ1) is 28.9. The van der Waals surface area contributed by atoms with Crippen molar-refractivity contribution in [2.75, 3.05) is 5.75 Å². The van der Waals surface area contributed by atoms with Crippen LogP contribution in [0.5, 0.6) is 0 Å². The van der Waals surface area contributed by atoms with E-state index in [2.05, 4.69) is 37.7 Å². The van der Waals surface area contributed by atoms with Crippen molar-refractivity contribution in [2.45, 2.75) is 88.1 Å². The highest BCUT2D eigenvalue weighted by atomic mass is 32.2. The van der Waals surface area contributed by atoms with Crippen molar-refractivity contribution in [3.63, 3.8) is 0 Å². The van der Waals surface area contributed by atoms with E-state index >= 15 is 0 Å². The third-order valence-corrected chi connectivity index (χ3v) is 10.6. The molecule has 0 saturated carbocycles. The van der Waals surface area contributed by atoms with E-state index in [1.54, 1.807) is 18.0 Å². The minimum atomic E-state index is -1.30. The number of hydrogen-bond acceptors (Lipinski definition) is 9. The van der Waals surface area contributed by atoms with Crippen LogP contribution in [0, 0.1) is 0 Å². The molecule has 2 aromatic heterocycles. The molecular formula is C47H52N6O5S. The number of unbranched alkanes of at least 4 members (excludes halogenated alkanes) is 5. The number of H-pyrrole nitrogens is 2. The molecule has 6 aromatic rings. The van der Waals surface area contributed by atoms with Crippen molar-refractivity contribution in [2.24, 2.45) is 0 Å². The van der Waals surface area contributed by atoms with Gasteiger partial charge in [0.25, 0.3) is 0 Å². The maximum atomic E-state index is 14.1. The zero-order valence-corrected chi connectivity index (χ0v) is 34.2. The van der Waals surface area contributed by atoms with E-state index in [1.807, 2.05) is 128 Å². The molecule has 0 radical (unpaired) electrons. The molecule has 0 unspecified atom stereocenters. The molecule has 11 nitrogen and oxygen atoms in total. The van der Waals surface area contributed by atoms with Gasteiger partial charge in [0, 0.05) is 36.0 Å². The number of hydrazine groups is 1. The average Bonchev–Trinajstić information content (AvgIpc) is 3.92. The minimum Gasteiger partial charge on any atom is -0.452 e. The third-order valence-electron chi connectivity index (χ3n) is 9.67. The molecular weight excluding hydrogens is 761 g/mol. The van der Waals surface area contributed by atoms with Gasteiger partial charge >= 0.3 is 11.9 Å². The molecule has 1 amide bonds. The Bertz CT molecular complexity index is 2090. The second-order valence-corrected chi connectivity index (χ2v) is 15.4. The monoisotopic (exact) mass is 812 g/mol. The van der Waals surface area contributed by atoms with Crippen molar-refractivity contribution in [3.8, 4) is 0 Å². The summed E-state index contributed by atoms with van der Waals surface area (Å²) in [7, 11) is 0. The zero-order valence-electron chi connectivity index (χ0n) is 33.3. The van der Waals surface area contributed by atoms with Crippen LogP contribution in [0.4, 0.5) is 0 Å². The van der Waals surface area contributed by atoms with Gasteiger partial charge in [-0.3, -0.25) is 19.8 Å². The summed E-state index contributed by atoms with van der Waals surface area (Å²) in [5.41, 5.74) is 10.2. The Kier molecular flexibility index (Phi) is 16.5. The predicted octanol–water partition coefficient (Wildman–Crippen LogP) is 8.76. The number of esters is 2. The maximum absolute atomic E-state index is 14.1. The quantitative estimate of drug-likeness (QED) is 0.0216. The van der Waals surface area contributed by atoms with Crippen molar-refractivity contribution in [1.82, 2.24) is 30.8 Å². The molecule has 306 valence electrons. The smallest absolute Gasteiger partial charge is 0.326 e. The summed E-state index contributed by atoms with van der Waals surface area (Å²) in [5.74, 6) is -0.419. The van der Waals surface area contributed by atoms with Crippen LogP contribution in [0.2, 0.25) is 0 Å². The highest BCUT2D eigenvalue weighted by Gasteiger charge is 2.30. The second-order valence-electron chi connectivity index (χ2n) is 14.3. The predicted molar refractivity (Wildman–Crippen MR) is 229 cm³/mol. The van der Waals surface area contributed by atoms with E-state index in [4.69, 9.17) is 9.47 Å².